The van der Waals surface area contributed by atoms with E-state index in [0.717, 1.165) is 34.1 Å². The van der Waals surface area contributed by atoms with E-state index in [1.165, 1.54) is 5.56 Å². The highest BCUT2D eigenvalue weighted by atomic mass is 32.1. The summed E-state index contributed by atoms with van der Waals surface area (Å²) in [6.45, 7) is 8.15. The van der Waals surface area contributed by atoms with Gasteiger partial charge in [-0.2, -0.15) is 0 Å². The maximum absolute atomic E-state index is 12.3. The molecule has 0 radical (unpaired) electrons. The van der Waals surface area contributed by atoms with Crippen molar-refractivity contribution in [2.45, 2.75) is 46.5 Å². The van der Waals surface area contributed by atoms with E-state index in [4.69, 9.17) is 4.74 Å². The number of carbonyl (C=O) groups excluding carboxylic acids is 1. The van der Waals surface area contributed by atoms with Crippen LogP contribution in [0.2, 0.25) is 0 Å². The van der Waals surface area contributed by atoms with Crippen molar-refractivity contribution in [1.82, 2.24) is 15.2 Å². The molecule has 0 aliphatic heterocycles. The summed E-state index contributed by atoms with van der Waals surface area (Å²) in [7, 11) is 2.11. The molecule has 0 unspecified atom stereocenters. The number of benzene rings is 2. The largest absolute Gasteiger partial charge is 0.487 e. The first-order valence-electron chi connectivity index (χ1n) is 10.8. The molecule has 5 nitrogen and oxygen atoms in total. The molecule has 2 aromatic carbocycles. The molecule has 0 atom stereocenters. The van der Waals surface area contributed by atoms with E-state index in [9.17, 15) is 4.79 Å². The molecule has 0 saturated carbocycles. The standard InChI is InChI=1S/C26H31N3O2S/c1-19(2)29(4)16-23-8-6-5-7-22(23)15-27-26(30)14-11-21-9-12-25(13-10-21)31-17-24-18-32-20(3)28-24/h5-14,18-19H,15-17H2,1-4H3,(H,27,30). The maximum atomic E-state index is 12.3. The Morgan fingerprint density at radius 2 is 1.88 bits per heavy atom. The molecule has 0 aliphatic rings. The van der Waals surface area contributed by atoms with Crippen molar-refractivity contribution in [1.29, 1.82) is 0 Å². The Labute approximate surface area is 194 Å². The second-order valence-corrected chi connectivity index (χ2v) is 9.11. The minimum absolute atomic E-state index is 0.115. The molecule has 1 aromatic heterocycles. The van der Waals surface area contributed by atoms with Gasteiger partial charge in [-0.15, -0.1) is 11.3 Å². The van der Waals surface area contributed by atoms with Crippen LogP contribution in [0.5, 0.6) is 5.75 Å². The predicted octanol–water partition coefficient (Wildman–Crippen LogP) is 5.20. The molecule has 32 heavy (non-hydrogen) atoms. The third-order valence-electron chi connectivity index (χ3n) is 5.23. The predicted molar refractivity (Wildman–Crippen MR) is 132 cm³/mol. The van der Waals surface area contributed by atoms with Gasteiger partial charge < -0.3 is 10.1 Å². The molecule has 3 aromatic rings. The lowest BCUT2D eigenvalue weighted by molar-refractivity contribution is -0.116. The Kier molecular flexibility index (Phi) is 8.59. The highest BCUT2D eigenvalue weighted by molar-refractivity contribution is 7.09. The lowest BCUT2D eigenvalue weighted by atomic mass is 10.1. The number of carbonyl (C=O) groups is 1. The topological polar surface area (TPSA) is 54.5 Å². The normalized spacial score (nSPS) is 11.4. The number of aromatic nitrogens is 1. The fourth-order valence-corrected chi connectivity index (χ4v) is 3.65. The Morgan fingerprint density at radius 1 is 1.16 bits per heavy atom. The first-order chi connectivity index (χ1) is 15.4. The zero-order valence-electron chi connectivity index (χ0n) is 19.2. The lowest BCUT2D eigenvalue weighted by Crippen LogP contribution is -2.27. The molecule has 0 aliphatic carbocycles. The van der Waals surface area contributed by atoms with Crippen LogP contribution >= 0.6 is 11.3 Å². The Bertz CT molecular complexity index is 1040. The second kappa shape index (κ2) is 11.6. The zero-order valence-corrected chi connectivity index (χ0v) is 20.0. The maximum Gasteiger partial charge on any atom is 0.244 e. The fraction of sp³-hybridized carbons (Fsp3) is 0.308. The molecule has 0 fully saturated rings. The van der Waals surface area contributed by atoms with Crippen molar-refractivity contribution in [3.8, 4) is 5.75 Å². The number of rotatable bonds is 10. The number of ether oxygens (including phenoxy) is 1. The van der Waals surface area contributed by atoms with E-state index in [2.05, 4.69) is 48.2 Å². The molecule has 1 N–H and O–H groups in total. The van der Waals surface area contributed by atoms with Gasteiger partial charge in [0.05, 0.1) is 10.7 Å². The number of thiazole rings is 1. The van der Waals surface area contributed by atoms with Gasteiger partial charge in [0.25, 0.3) is 0 Å². The highest BCUT2D eigenvalue weighted by Crippen LogP contribution is 2.16. The van der Waals surface area contributed by atoms with E-state index in [0.29, 0.717) is 19.2 Å². The average Bonchev–Trinajstić information content (AvgIpc) is 3.21. The van der Waals surface area contributed by atoms with E-state index < -0.39 is 0 Å². The van der Waals surface area contributed by atoms with Crippen LogP contribution in [-0.2, 0) is 24.5 Å². The smallest absolute Gasteiger partial charge is 0.244 e. The van der Waals surface area contributed by atoms with Gasteiger partial charge in [-0.25, -0.2) is 4.98 Å². The van der Waals surface area contributed by atoms with Crippen molar-refractivity contribution < 1.29 is 9.53 Å². The molecule has 168 valence electrons. The summed E-state index contributed by atoms with van der Waals surface area (Å²) in [5.74, 6) is 0.663. The molecule has 0 bridgehead atoms. The van der Waals surface area contributed by atoms with Crippen LogP contribution < -0.4 is 10.1 Å². The summed E-state index contributed by atoms with van der Waals surface area (Å²) in [6, 6.07) is 16.4. The molecule has 1 amide bonds. The molecule has 6 heteroatoms. The minimum Gasteiger partial charge on any atom is -0.487 e. The van der Waals surface area contributed by atoms with Gasteiger partial charge in [0.1, 0.15) is 12.4 Å². The van der Waals surface area contributed by atoms with Crippen LogP contribution in [0.25, 0.3) is 6.08 Å². The van der Waals surface area contributed by atoms with Crippen molar-refractivity contribution in [3.05, 3.63) is 87.4 Å². The number of aryl methyl sites for hydroxylation is 1. The van der Waals surface area contributed by atoms with E-state index in [1.807, 2.05) is 48.7 Å². The summed E-state index contributed by atoms with van der Waals surface area (Å²) in [6.07, 6.45) is 3.37. The number of nitrogens with one attached hydrogen (secondary N) is 1. The molecule has 0 saturated heterocycles. The van der Waals surface area contributed by atoms with Gasteiger partial charge in [-0.05, 0) is 62.7 Å². The summed E-state index contributed by atoms with van der Waals surface area (Å²) >= 11 is 1.62. The zero-order chi connectivity index (χ0) is 22.9. The van der Waals surface area contributed by atoms with Gasteiger partial charge in [0.15, 0.2) is 0 Å². The van der Waals surface area contributed by atoms with Crippen LogP contribution in [0.4, 0.5) is 0 Å². The molecular formula is C26H31N3O2S. The van der Waals surface area contributed by atoms with Crippen LogP contribution in [-0.4, -0.2) is 28.9 Å². The Balaban J connectivity index is 1.49. The SMILES string of the molecule is Cc1nc(COc2ccc(C=CC(=O)NCc3ccccc3CN(C)C(C)C)cc2)cs1. The van der Waals surface area contributed by atoms with Crippen molar-refractivity contribution >= 4 is 23.3 Å². The van der Waals surface area contributed by atoms with Gasteiger partial charge in [0, 0.05) is 30.6 Å². The van der Waals surface area contributed by atoms with Crippen molar-refractivity contribution in [2.75, 3.05) is 7.05 Å². The minimum atomic E-state index is -0.115. The van der Waals surface area contributed by atoms with Crippen molar-refractivity contribution in [2.24, 2.45) is 0 Å². The van der Waals surface area contributed by atoms with Crippen molar-refractivity contribution in [3.63, 3.8) is 0 Å². The quantitative estimate of drug-likeness (QED) is 0.432. The fourth-order valence-electron chi connectivity index (χ4n) is 3.06. The Morgan fingerprint density at radius 3 is 2.53 bits per heavy atom. The first-order valence-corrected chi connectivity index (χ1v) is 11.7. The van der Waals surface area contributed by atoms with Crippen LogP contribution in [0.15, 0.2) is 60.0 Å². The summed E-state index contributed by atoms with van der Waals surface area (Å²) in [5.41, 5.74) is 4.25. The monoisotopic (exact) mass is 449 g/mol. The average molecular weight is 450 g/mol. The van der Waals surface area contributed by atoms with Gasteiger partial charge in [0.2, 0.25) is 5.91 Å². The lowest BCUT2D eigenvalue weighted by Gasteiger charge is -2.22. The van der Waals surface area contributed by atoms with E-state index >= 15 is 0 Å². The highest BCUT2D eigenvalue weighted by Gasteiger charge is 2.08. The third kappa shape index (κ3) is 7.32. The molecular weight excluding hydrogens is 418 g/mol. The van der Waals surface area contributed by atoms with E-state index in [-0.39, 0.29) is 5.91 Å². The second-order valence-electron chi connectivity index (χ2n) is 8.04. The van der Waals surface area contributed by atoms with Crippen LogP contribution in [0.1, 0.15) is 41.2 Å². The van der Waals surface area contributed by atoms with Gasteiger partial charge >= 0.3 is 0 Å². The number of hydrogen-bond acceptors (Lipinski definition) is 5. The van der Waals surface area contributed by atoms with Crippen LogP contribution in [0, 0.1) is 6.92 Å². The van der Waals surface area contributed by atoms with Crippen LogP contribution in [0.3, 0.4) is 0 Å². The van der Waals surface area contributed by atoms with E-state index in [1.54, 1.807) is 23.5 Å². The number of nitrogens with zero attached hydrogens (tertiary/aromatic N) is 2. The number of hydrogen-bond donors (Lipinski definition) is 1. The first kappa shape index (κ1) is 23.7. The summed E-state index contributed by atoms with van der Waals surface area (Å²) in [5, 5.41) is 6.03. The summed E-state index contributed by atoms with van der Waals surface area (Å²) < 4.78 is 5.76. The van der Waals surface area contributed by atoms with Gasteiger partial charge in [-0.3, -0.25) is 9.69 Å². The molecule has 0 spiro atoms. The number of amides is 1. The molecule has 1 heterocycles. The molecule has 3 rings (SSSR count). The Hall–Kier alpha value is -2.96. The van der Waals surface area contributed by atoms with Gasteiger partial charge in [-0.1, -0.05) is 36.4 Å². The summed E-state index contributed by atoms with van der Waals surface area (Å²) in [4.78, 5) is 19.0. The third-order valence-corrected chi connectivity index (χ3v) is 6.06.